The summed E-state index contributed by atoms with van der Waals surface area (Å²) in [4.78, 5) is 0. The first-order valence-corrected chi connectivity index (χ1v) is 7.65. The van der Waals surface area contributed by atoms with Gasteiger partial charge in [0.05, 0.1) is 12.6 Å². The highest BCUT2D eigenvalue weighted by Crippen LogP contribution is 2.24. The number of aryl methyl sites for hydroxylation is 1. The molecule has 1 aliphatic rings. The molecule has 2 heteroatoms. The van der Waals surface area contributed by atoms with E-state index in [2.05, 4.69) is 37.4 Å². The van der Waals surface area contributed by atoms with Crippen LogP contribution in [0.15, 0.2) is 18.2 Å². The maximum absolute atomic E-state index is 9.73. The molecular formula is C17H27NO. The predicted octanol–water partition coefficient (Wildman–Crippen LogP) is 3.65. The minimum absolute atomic E-state index is 0.0861. The molecule has 1 saturated carbocycles. The molecule has 1 aromatic carbocycles. The van der Waals surface area contributed by atoms with Crippen LogP contribution in [0.25, 0.3) is 0 Å². The molecule has 0 amide bonds. The normalized spacial score (nSPS) is 19.1. The van der Waals surface area contributed by atoms with E-state index in [0.717, 1.165) is 0 Å². The minimum atomic E-state index is 0.0861. The quantitative estimate of drug-likeness (QED) is 0.811. The minimum Gasteiger partial charge on any atom is -0.394 e. The van der Waals surface area contributed by atoms with E-state index in [0.29, 0.717) is 6.04 Å². The predicted molar refractivity (Wildman–Crippen MR) is 80.4 cm³/mol. The van der Waals surface area contributed by atoms with Crippen molar-refractivity contribution in [2.75, 3.05) is 6.61 Å². The molecule has 19 heavy (non-hydrogen) atoms. The van der Waals surface area contributed by atoms with Gasteiger partial charge in [0.15, 0.2) is 0 Å². The van der Waals surface area contributed by atoms with E-state index in [1.165, 1.54) is 55.2 Å². The molecule has 0 spiro atoms. The smallest absolute Gasteiger partial charge is 0.0626 e. The Kier molecular flexibility index (Phi) is 5.41. The van der Waals surface area contributed by atoms with Gasteiger partial charge in [0.2, 0.25) is 0 Å². The Bertz CT molecular complexity index is 394. The Labute approximate surface area is 117 Å². The van der Waals surface area contributed by atoms with Crippen LogP contribution < -0.4 is 5.32 Å². The molecule has 2 rings (SSSR count). The van der Waals surface area contributed by atoms with E-state index in [1.807, 2.05) is 0 Å². The summed E-state index contributed by atoms with van der Waals surface area (Å²) in [7, 11) is 0. The highest BCUT2D eigenvalue weighted by molar-refractivity contribution is 5.35. The lowest BCUT2D eigenvalue weighted by Crippen LogP contribution is -2.34. The number of nitrogens with one attached hydrogen (secondary N) is 1. The third-order valence-electron chi connectivity index (χ3n) is 4.50. The molecular weight excluding hydrogens is 234 g/mol. The highest BCUT2D eigenvalue weighted by Gasteiger charge is 2.19. The molecule has 0 saturated heterocycles. The Hall–Kier alpha value is -0.860. The van der Waals surface area contributed by atoms with E-state index in [-0.39, 0.29) is 12.6 Å². The number of aliphatic hydroxyl groups is 1. The van der Waals surface area contributed by atoms with Crippen LogP contribution in [0, 0.1) is 13.8 Å². The molecule has 1 aromatic rings. The van der Waals surface area contributed by atoms with Gasteiger partial charge in [-0.25, -0.2) is 0 Å². The molecule has 1 fully saturated rings. The molecule has 2 nitrogen and oxygen atoms in total. The second-order valence-electron chi connectivity index (χ2n) is 5.88. The lowest BCUT2D eigenvalue weighted by Gasteiger charge is -2.25. The zero-order valence-corrected chi connectivity index (χ0v) is 12.3. The molecule has 1 unspecified atom stereocenters. The zero-order valence-electron chi connectivity index (χ0n) is 12.3. The summed E-state index contributed by atoms with van der Waals surface area (Å²) in [6.07, 6.45) is 7.88. The van der Waals surface area contributed by atoms with Crippen molar-refractivity contribution in [3.8, 4) is 0 Å². The summed E-state index contributed by atoms with van der Waals surface area (Å²) >= 11 is 0. The zero-order chi connectivity index (χ0) is 13.7. The summed E-state index contributed by atoms with van der Waals surface area (Å²) in [5.41, 5.74) is 3.87. The van der Waals surface area contributed by atoms with Crippen molar-refractivity contribution in [3.63, 3.8) is 0 Å². The van der Waals surface area contributed by atoms with Crippen molar-refractivity contribution < 1.29 is 5.11 Å². The second-order valence-corrected chi connectivity index (χ2v) is 5.88. The van der Waals surface area contributed by atoms with Crippen LogP contribution in [-0.2, 0) is 0 Å². The Morgan fingerprint density at radius 1 is 1.16 bits per heavy atom. The maximum atomic E-state index is 9.73. The number of benzene rings is 1. The monoisotopic (exact) mass is 261 g/mol. The molecule has 0 bridgehead atoms. The van der Waals surface area contributed by atoms with Crippen molar-refractivity contribution in [1.82, 2.24) is 5.32 Å². The van der Waals surface area contributed by atoms with Crippen LogP contribution in [0.5, 0.6) is 0 Å². The molecule has 0 aromatic heterocycles. The number of hydrogen-bond acceptors (Lipinski definition) is 2. The molecule has 0 heterocycles. The Morgan fingerprint density at radius 3 is 2.47 bits per heavy atom. The van der Waals surface area contributed by atoms with Crippen LogP contribution in [-0.4, -0.2) is 17.8 Å². The molecule has 1 atom stereocenters. The summed E-state index contributed by atoms with van der Waals surface area (Å²) in [6, 6.07) is 7.03. The summed E-state index contributed by atoms with van der Waals surface area (Å²) in [5.74, 6) is 0. The van der Waals surface area contributed by atoms with Gasteiger partial charge < -0.3 is 10.4 Å². The number of hydrogen-bond donors (Lipinski definition) is 2. The van der Waals surface area contributed by atoms with Gasteiger partial charge in [-0.15, -0.1) is 0 Å². The van der Waals surface area contributed by atoms with Gasteiger partial charge in [-0.1, -0.05) is 43.9 Å². The van der Waals surface area contributed by atoms with Crippen molar-refractivity contribution in [2.45, 2.75) is 64.5 Å². The first kappa shape index (κ1) is 14.5. The van der Waals surface area contributed by atoms with Gasteiger partial charge in [-0.05, 0) is 43.4 Å². The third kappa shape index (κ3) is 3.80. The second kappa shape index (κ2) is 7.06. The Balaban J connectivity index is 2.08. The van der Waals surface area contributed by atoms with Crippen molar-refractivity contribution in [1.29, 1.82) is 0 Å². The molecule has 0 radical (unpaired) electrons. The van der Waals surface area contributed by atoms with Crippen LogP contribution >= 0.6 is 0 Å². The topological polar surface area (TPSA) is 32.3 Å². The van der Waals surface area contributed by atoms with Crippen LogP contribution in [0.2, 0.25) is 0 Å². The number of aliphatic hydroxyl groups excluding tert-OH is 1. The lowest BCUT2D eigenvalue weighted by atomic mass is 9.96. The van der Waals surface area contributed by atoms with Crippen molar-refractivity contribution in [3.05, 3.63) is 34.9 Å². The lowest BCUT2D eigenvalue weighted by molar-refractivity contribution is 0.228. The first-order chi connectivity index (χ1) is 9.22. The molecule has 0 aliphatic heterocycles. The van der Waals surface area contributed by atoms with E-state index < -0.39 is 0 Å². The highest BCUT2D eigenvalue weighted by atomic mass is 16.3. The van der Waals surface area contributed by atoms with Gasteiger partial charge in [-0.2, -0.15) is 0 Å². The fourth-order valence-corrected chi connectivity index (χ4v) is 3.12. The average molecular weight is 261 g/mol. The van der Waals surface area contributed by atoms with Gasteiger partial charge >= 0.3 is 0 Å². The van der Waals surface area contributed by atoms with Gasteiger partial charge in [0.1, 0.15) is 0 Å². The summed E-state index contributed by atoms with van der Waals surface area (Å²) in [5, 5.41) is 13.4. The fourth-order valence-electron chi connectivity index (χ4n) is 3.12. The molecule has 106 valence electrons. The van der Waals surface area contributed by atoms with E-state index in [4.69, 9.17) is 0 Å². The van der Waals surface area contributed by atoms with Crippen LogP contribution in [0.4, 0.5) is 0 Å². The fraction of sp³-hybridized carbons (Fsp3) is 0.647. The SMILES string of the molecule is Cc1cccc(C(CO)NC2CCCCCC2)c1C. The van der Waals surface area contributed by atoms with Crippen molar-refractivity contribution in [2.24, 2.45) is 0 Å². The first-order valence-electron chi connectivity index (χ1n) is 7.65. The average Bonchev–Trinajstić information content (AvgIpc) is 2.68. The van der Waals surface area contributed by atoms with Gasteiger partial charge in [-0.3, -0.25) is 0 Å². The summed E-state index contributed by atoms with van der Waals surface area (Å²) in [6.45, 7) is 4.47. The van der Waals surface area contributed by atoms with Crippen LogP contribution in [0.3, 0.4) is 0 Å². The van der Waals surface area contributed by atoms with E-state index in [1.54, 1.807) is 0 Å². The van der Waals surface area contributed by atoms with E-state index in [9.17, 15) is 5.11 Å². The molecule has 1 aliphatic carbocycles. The maximum Gasteiger partial charge on any atom is 0.0626 e. The van der Waals surface area contributed by atoms with Gasteiger partial charge in [0.25, 0.3) is 0 Å². The third-order valence-corrected chi connectivity index (χ3v) is 4.50. The molecule has 2 N–H and O–H groups in total. The number of rotatable bonds is 4. The standard InChI is InChI=1S/C17H27NO/c1-13-8-7-11-16(14(13)2)17(12-19)18-15-9-5-3-4-6-10-15/h7-8,11,15,17-19H,3-6,9-10,12H2,1-2H3. The van der Waals surface area contributed by atoms with Crippen LogP contribution in [0.1, 0.15) is 61.3 Å². The Morgan fingerprint density at radius 2 is 1.84 bits per heavy atom. The van der Waals surface area contributed by atoms with E-state index >= 15 is 0 Å². The largest absolute Gasteiger partial charge is 0.394 e. The van der Waals surface area contributed by atoms with Gasteiger partial charge in [0, 0.05) is 6.04 Å². The van der Waals surface area contributed by atoms with Crippen molar-refractivity contribution >= 4 is 0 Å². The summed E-state index contributed by atoms with van der Waals surface area (Å²) < 4.78 is 0.